The molecule has 114 valence electrons. The molecule has 0 aliphatic heterocycles. The van der Waals surface area contributed by atoms with Gasteiger partial charge in [0, 0.05) is 11.7 Å². The molecule has 1 aromatic rings. The van der Waals surface area contributed by atoms with E-state index in [0.29, 0.717) is 17.5 Å². The van der Waals surface area contributed by atoms with Crippen LogP contribution in [-0.2, 0) is 6.18 Å². The van der Waals surface area contributed by atoms with Crippen LogP contribution in [0.1, 0.15) is 44.2 Å². The van der Waals surface area contributed by atoms with Gasteiger partial charge < -0.3 is 5.32 Å². The summed E-state index contributed by atoms with van der Waals surface area (Å²) < 4.78 is 38.9. The van der Waals surface area contributed by atoms with Gasteiger partial charge in [-0.25, -0.2) is 0 Å². The maximum absolute atomic E-state index is 13.0. The molecule has 2 atom stereocenters. The lowest BCUT2D eigenvalue weighted by molar-refractivity contribution is -0.137. The molecule has 1 aliphatic rings. The SMILES string of the molecule is CC1CCCC(C)C1Nc1ccc(C#N)c(C(F)(F)F)c1. The largest absolute Gasteiger partial charge is 0.417 e. The number of anilines is 1. The van der Waals surface area contributed by atoms with Crippen LogP contribution in [0.15, 0.2) is 18.2 Å². The topological polar surface area (TPSA) is 35.8 Å². The Labute approximate surface area is 123 Å². The molecule has 0 aromatic heterocycles. The van der Waals surface area contributed by atoms with Gasteiger partial charge in [0.25, 0.3) is 0 Å². The van der Waals surface area contributed by atoms with Crippen molar-refractivity contribution in [2.75, 3.05) is 5.32 Å². The van der Waals surface area contributed by atoms with Gasteiger partial charge >= 0.3 is 6.18 Å². The minimum atomic E-state index is -4.51. The lowest BCUT2D eigenvalue weighted by Gasteiger charge is -2.36. The zero-order chi connectivity index (χ0) is 15.6. The highest BCUT2D eigenvalue weighted by Gasteiger charge is 2.34. The Kier molecular flexibility index (Phi) is 4.46. The predicted octanol–water partition coefficient (Wildman–Crippen LogP) is 4.81. The molecule has 21 heavy (non-hydrogen) atoms. The zero-order valence-electron chi connectivity index (χ0n) is 12.2. The monoisotopic (exact) mass is 296 g/mol. The Morgan fingerprint density at radius 1 is 1.19 bits per heavy atom. The maximum Gasteiger partial charge on any atom is 0.417 e. The number of alkyl halides is 3. The first-order valence-electron chi connectivity index (χ1n) is 7.21. The molecule has 1 saturated carbocycles. The summed E-state index contributed by atoms with van der Waals surface area (Å²) in [6, 6.07) is 5.62. The minimum Gasteiger partial charge on any atom is -0.382 e. The van der Waals surface area contributed by atoms with Crippen LogP contribution in [0.2, 0.25) is 0 Å². The van der Waals surface area contributed by atoms with Crippen molar-refractivity contribution in [2.24, 2.45) is 11.8 Å². The van der Waals surface area contributed by atoms with Gasteiger partial charge in [0.15, 0.2) is 0 Å². The van der Waals surface area contributed by atoms with Crippen LogP contribution in [0.4, 0.5) is 18.9 Å². The Morgan fingerprint density at radius 2 is 1.81 bits per heavy atom. The number of hydrogen-bond acceptors (Lipinski definition) is 2. The molecule has 5 heteroatoms. The summed E-state index contributed by atoms with van der Waals surface area (Å²) in [5, 5.41) is 12.0. The van der Waals surface area contributed by atoms with E-state index in [4.69, 9.17) is 5.26 Å². The molecule has 2 unspecified atom stereocenters. The van der Waals surface area contributed by atoms with Crippen molar-refractivity contribution in [1.29, 1.82) is 5.26 Å². The molecular weight excluding hydrogens is 277 g/mol. The average Bonchev–Trinajstić information content (AvgIpc) is 2.42. The number of benzene rings is 1. The summed E-state index contributed by atoms with van der Waals surface area (Å²) in [6.07, 6.45) is -1.16. The number of nitrogens with zero attached hydrogens (tertiary/aromatic N) is 1. The van der Waals surface area contributed by atoms with Gasteiger partial charge in [0.1, 0.15) is 0 Å². The lowest BCUT2D eigenvalue weighted by atomic mass is 9.78. The highest BCUT2D eigenvalue weighted by molar-refractivity contribution is 5.53. The van der Waals surface area contributed by atoms with Gasteiger partial charge in [-0.2, -0.15) is 18.4 Å². The van der Waals surface area contributed by atoms with Crippen molar-refractivity contribution >= 4 is 5.69 Å². The van der Waals surface area contributed by atoms with Crippen molar-refractivity contribution in [3.8, 4) is 6.07 Å². The summed E-state index contributed by atoms with van der Waals surface area (Å²) in [5.74, 6) is 0.859. The number of nitriles is 1. The maximum atomic E-state index is 13.0. The van der Waals surface area contributed by atoms with E-state index in [9.17, 15) is 13.2 Å². The Morgan fingerprint density at radius 3 is 2.33 bits per heavy atom. The number of hydrogen-bond donors (Lipinski definition) is 1. The van der Waals surface area contributed by atoms with E-state index in [-0.39, 0.29) is 11.6 Å². The van der Waals surface area contributed by atoms with E-state index in [0.717, 1.165) is 18.9 Å². The molecule has 1 N–H and O–H groups in total. The first-order valence-corrected chi connectivity index (χ1v) is 7.21. The van der Waals surface area contributed by atoms with Crippen LogP contribution in [0.5, 0.6) is 0 Å². The second-order valence-corrected chi connectivity index (χ2v) is 5.93. The molecule has 0 radical (unpaired) electrons. The molecule has 2 nitrogen and oxygen atoms in total. The summed E-state index contributed by atoms with van der Waals surface area (Å²) in [5.41, 5.74) is -0.768. The van der Waals surface area contributed by atoms with Gasteiger partial charge in [-0.05, 0) is 42.9 Å². The van der Waals surface area contributed by atoms with E-state index in [1.807, 2.05) is 0 Å². The highest BCUT2D eigenvalue weighted by Crippen LogP contribution is 2.35. The third-order valence-electron chi connectivity index (χ3n) is 4.32. The van der Waals surface area contributed by atoms with Crippen LogP contribution in [-0.4, -0.2) is 6.04 Å². The Hall–Kier alpha value is -1.70. The summed E-state index contributed by atoms with van der Waals surface area (Å²) >= 11 is 0. The first kappa shape index (κ1) is 15.7. The normalized spacial score (nSPS) is 26.2. The van der Waals surface area contributed by atoms with Crippen LogP contribution in [0, 0.1) is 23.2 Å². The van der Waals surface area contributed by atoms with Crippen LogP contribution in [0.25, 0.3) is 0 Å². The fourth-order valence-corrected chi connectivity index (χ4v) is 3.12. The molecule has 0 spiro atoms. The summed E-state index contributed by atoms with van der Waals surface area (Å²) in [6.45, 7) is 4.25. The van der Waals surface area contributed by atoms with Gasteiger partial charge in [-0.3, -0.25) is 0 Å². The third kappa shape index (κ3) is 3.49. The van der Waals surface area contributed by atoms with Crippen LogP contribution >= 0.6 is 0 Å². The van der Waals surface area contributed by atoms with Gasteiger partial charge in [-0.1, -0.05) is 20.3 Å². The van der Waals surface area contributed by atoms with E-state index in [1.54, 1.807) is 12.1 Å². The fraction of sp³-hybridized carbons (Fsp3) is 0.562. The number of rotatable bonds is 2. The second kappa shape index (κ2) is 5.97. The van der Waals surface area contributed by atoms with E-state index in [1.165, 1.54) is 12.5 Å². The minimum absolute atomic E-state index is 0.174. The molecule has 2 rings (SSSR count). The fourth-order valence-electron chi connectivity index (χ4n) is 3.12. The van der Waals surface area contributed by atoms with Crippen LogP contribution in [0.3, 0.4) is 0 Å². The van der Waals surface area contributed by atoms with Crippen molar-refractivity contribution in [3.05, 3.63) is 29.3 Å². The van der Waals surface area contributed by atoms with Gasteiger partial charge in [0.05, 0.1) is 17.2 Å². The van der Waals surface area contributed by atoms with Crippen molar-refractivity contribution in [3.63, 3.8) is 0 Å². The average molecular weight is 296 g/mol. The molecule has 1 aliphatic carbocycles. The second-order valence-electron chi connectivity index (χ2n) is 5.93. The predicted molar refractivity (Wildman–Crippen MR) is 75.7 cm³/mol. The molecular formula is C16H19F3N2. The smallest absolute Gasteiger partial charge is 0.382 e. The summed E-state index contributed by atoms with van der Waals surface area (Å²) in [7, 11) is 0. The zero-order valence-corrected chi connectivity index (χ0v) is 12.2. The van der Waals surface area contributed by atoms with Crippen molar-refractivity contribution in [1.82, 2.24) is 0 Å². The molecule has 0 heterocycles. The third-order valence-corrected chi connectivity index (χ3v) is 4.32. The van der Waals surface area contributed by atoms with E-state index >= 15 is 0 Å². The molecule has 1 aromatic carbocycles. The van der Waals surface area contributed by atoms with E-state index < -0.39 is 11.7 Å². The number of halogens is 3. The Bertz CT molecular complexity index is 535. The quantitative estimate of drug-likeness (QED) is 0.849. The van der Waals surface area contributed by atoms with Crippen molar-refractivity contribution < 1.29 is 13.2 Å². The summed E-state index contributed by atoms with van der Waals surface area (Å²) in [4.78, 5) is 0. The van der Waals surface area contributed by atoms with Crippen LogP contribution < -0.4 is 5.32 Å². The van der Waals surface area contributed by atoms with Crippen molar-refractivity contribution in [2.45, 2.75) is 45.3 Å². The van der Waals surface area contributed by atoms with Gasteiger partial charge in [-0.15, -0.1) is 0 Å². The van der Waals surface area contributed by atoms with E-state index in [2.05, 4.69) is 19.2 Å². The number of nitrogens with one attached hydrogen (secondary N) is 1. The Balaban J connectivity index is 2.27. The highest BCUT2D eigenvalue weighted by atomic mass is 19.4. The standard InChI is InChI=1S/C16H19F3N2/c1-10-4-3-5-11(2)15(10)21-13-7-6-12(9-20)14(8-13)16(17,18)19/h6-8,10-11,15,21H,3-5H2,1-2H3. The molecule has 1 fully saturated rings. The molecule has 0 saturated heterocycles. The van der Waals surface area contributed by atoms with Gasteiger partial charge in [0.2, 0.25) is 0 Å². The lowest BCUT2D eigenvalue weighted by Crippen LogP contribution is -2.37. The molecule has 0 amide bonds. The molecule has 0 bridgehead atoms. The first-order chi connectivity index (χ1) is 9.82.